The summed E-state index contributed by atoms with van der Waals surface area (Å²) in [6, 6.07) is 0. The molecule has 1 fully saturated rings. The van der Waals surface area contributed by atoms with Crippen LogP contribution < -0.4 is 0 Å². The summed E-state index contributed by atoms with van der Waals surface area (Å²) >= 11 is 0. The molecule has 1 aliphatic rings. The van der Waals surface area contributed by atoms with Gasteiger partial charge >= 0.3 is 17.9 Å². The molecule has 0 amide bonds. The first kappa shape index (κ1) is 24.2. The van der Waals surface area contributed by atoms with Crippen LogP contribution in [0.2, 0.25) is 0 Å². The highest BCUT2D eigenvalue weighted by molar-refractivity contribution is 5.69. The van der Waals surface area contributed by atoms with Crippen LogP contribution in [0, 0.1) is 0 Å². The first-order valence-electron chi connectivity index (χ1n) is 9.34. The van der Waals surface area contributed by atoms with Crippen LogP contribution >= 0.6 is 0 Å². The molecule has 1 heterocycles. The van der Waals surface area contributed by atoms with E-state index < -0.39 is 17.9 Å². The Morgan fingerprint density at radius 3 is 1.32 bits per heavy atom. The predicted molar refractivity (Wildman–Crippen MR) is 98.5 cm³/mol. The molecule has 0 atom stereocenters. The van der Waals surface area contributed by atoms with Crippen LogP contribution in [0.15, 0.2) is 0 Å². The zero-order chi connectivity index (χ0) is 20.8. The van der Waals surface area contributed by atoms with Crippen molar-refractivity contribution < 1.29 is 39.2 Å². The SMILES string of the molecule is O=C(O)CN1CCCN(CC(=O)O)CCN(CC(=O)O)CCOCCOCC1. The third kappa shape index (κ3) is 12.6. The van der Waals surface area contributed by atoms with E-state index in [0.717, 1.165) is 0 Å². The van der Waals surface area contributed by atoms with Gasteiger partial charge in [-0.3, -0.25) is 29.1 Å². The predicted octanol–water partition coefficient (Wildman–Crippen LogP) is -1.42. The molecule has 0 radical (unpaired) electrons. The zero-order valence-corrected chi connectivity index (χ0v) is 16.1. The molecule has 1 aliphatic heterocycles. The van der Waals surface area contributed by atoms with E-state index >= 15 is 0 Å². The fourth-order valence-corrected chi connectivity index (χ4v) is 2.89. The summed E-state index contributed by atoms with van der Waals surface area (Å²) in [6.07, 6.45) is 0.600. The monoisotopic (exact) mass is 405 g/mol. The van der Waals surface area contributed by atoms with Crippen molar-refractivity contribution in [3.05, 3.63) is 0 Å². The van der Waals surface area contributed by atoms with Gasteiger partial charge in [-0.15, -0.1) is 0 Å². The number of nitrogens with zero attached hydrogens (tertiary/aromatic N) is 3. The normalized spacial score (nSPS) is 20.6. The van der Waals surface area contributed by atoms with Crippen molar-refractivity contribution in [3.63, 3.8) is 0 Å². The van der Waals surface area contributed by atoms with E-state index in [4.69, 9.17) is 24.8 Å². The lowest BCUT2D eigenvalue weighted by Crippen LogP contribution is -2.42. The molecule has 3 N–H and O–H groups in total. The second kappa shape index (κ2) is 14.2. The largest absolute Gasteiger partial charge is 0.480 e. The number of carboxylic acid groups (broad SMARTS) is 3. The lowest BCUT2D eigenvalue weighted by Gasteiger charge is -2.27. The lowest BCUT2D eigenvalue weighted by atomic mass is 10.3. The van der Waals surface area contributed by atoms with Crippen molar-refractivity contribution in [2.75, 3.05) is 85.3 Å². The second-order valence-electron chi connectivity index (χ2n) is 6.59. The molecule has 0 saturated carbocycles. The van der Waals surface area contributed by atoms with Crippen LogP contribution in [0.25, 0.3) is 0 Å². The smallest absolute Gasteiger partial charge is 0.317 e. The number of aliphatic carboxylic acids is 3. The Hall–Kier alpha value is -1.79. The lowest BCUT2D eigenvalue weighted by molar-refractivity contribution is -0.140. The van der Waals surface area contributed by atoms with Crippen molar-refractivity contribution >= 4 is 17.9 Å². The average Bonchev–Trinajstić information content (AvgIpc) is 2.58. The summed E-state index contributed by atoms with van der Waals surface area (Å²) in [5.41, 5.74) is 0. The number of rotatable bonds is 6. The summed E-state index contributed by atoms with van der Waals surface area (Å²) in [5.74, 6) is -2.84. The maximum Gasteiger partial charge on any atom is 0.317 e. The van der Waals surface area contributed by atoms with Gasteiger partial charge in [0.05, 0.1) is 46.1 Å². The molecule has 11 nitrogen and oxygen atoms in total. The summed E-state index contributed by atoms with van der Waals surface area (Å²) in [5, 5.41) is 27.2. The minimum atomic E-state index is -0.960. The Balaban J connectivity index is 2.69. The first-order valence-corrected chi connectivity index (χ1v) is 9.34. The van der Waals surface area contributed by atoms with Gasteiger partial charge in [-0.2, -0.15) is 0 Å². The topological polar surface area (TPSA) is 140 Å². The van der Waals surface area contributed by atoms with E-state index in [1.165, 1.54) is 0 Å². The summed E-state index contributed by atoms with van der Waals surface area (Å²) < 4.78 is 10.9. The molecule has 11 heteroatoms. The van der Waals surface area contributed by atoms with E-state index in [9.17, 15) is 14.4 Å². The third-order valence-corrected chi connectivity index (χ3v) is 4.23. The van der Waals surface area contributed by atoms with Gasteiger partial charge in [0.1, 0.15) is 0 Å². The number of ether oxygens (including phenoxy) is 2. The van der Waals surface area contributed by atoms with Crippen LogP contribution in [0.4, 0.5) is 0 Å². The van der Waals surface area contributed by atoms with E-state index in [0.29, 0.717) is 72.1 Å². The molecule has 0 aromatic heterocycles. The van der Waals surface area contributed by atoms with Gasteiger partial charge in [0.15, 0.2) is 0 Å². The van der Waals surface area contributed by atoms with Crippen molar-refractivity contribution in [2.45, 2.75) is 6.42 Å². The van der Waals surface area contributed by atoms with E-state index in [1.54, 1.807) is 14.7 Å². The molecular formula is C17H31N3O8. The molecule has 162 valence electrons. The molecule has 1 saturated heterocycles. The second-order valence-corrected chi connectivity index (χ2v) is 6.59. The van der Waals surface area contributed by atoms with E-state index in [2.05, 4.69) is 0 Å². The van der Waals surface area contributed by atoms with Crippen LogP contribution in [-0.2, 0) is 23.9 Å². The first-order chi connectivity index (χ1) is 13.4. The molecular weight excluding hydrogens is 374 g/mol. The van der Waals surface area contributed by atoms with Gasteiger partial charge in [-0.25, -0.2) is 0 Å². The van der Waals surface area contributed by atoms with Gasteiger partial charge in [0.25, 0.3) is 0 Å². The molecule has 0 bridgehead atoms. The molecule has 28 heavy (non-hydrogen) atoms. The summed E-state index contributed by atoms with van der Waals surface area (Å²) in [6.45, 7) is 3.75. The van der Waals surface area contributed by atoms with Gasteiger partial charge in [-0.05, 0) is 6.42 Å². The van der Waals surface area contributed by atoms with E-state index in [1.807, 2.05) is 0 Å². The third-order valence-electron chi connectivity index (χ3n) is 4.23. The molecule has 0 aliphatic carbocycles. The Bertz CT molecular complexity index is 491. The summed E-state index contributed by atoms with van der Waals surface area (Å²) in [7, 11) is 0. The Morgan fingerprint density at radius 1 is 0.571 bits per heavy atom. The Morgan fingerprint density at radius 2 is 0.929 bits per heavy atom. The van der Waals surface area contributed by atoms with Crippen molar-refractivity contribution in [3.8, 4) is 0 Å². The number of carboxylic acids is 3. The van der Waals surface area contributed by atoms with Crippen molar-refractivity contribution in [1.29, 1.82) is 0 Å². The zero-order valence-electron chi connectivity index (χ0n) is 16.1. The fraction of sp³-hybridized carbons (Fsp3) is 0.824. The number of hydrogen-bond donors (Lipinski definition) is 3. The van der Waals surface area contributed by atoms with Crippen LogP contribution in [0.5, 0.6) is 0 Å². The van der Waals surface area contributed by atoms with Gasteiger partial charge in [0, 0.05) is 39.3 Å². The standard InChI is InChI=1S/C17H31N3O8/c21-15(22)12-18-2-1-3-19(13-16(23)24)6-8-27-10-11-28-9-7-20(5-4-18)14-17(25)26/h1-14H2,(H,21,22)(H,23,24)(H,25,26). The molecule has 0 spiro atoms. The highest BCUT2D eigenvalue weighted by Crippen LogP contribution is 2.00. The van der Waals surface area contributed by atoms with Gasteiger partial charge in [-0.1, -0.05) is 0 Å². The summed E-state index contributed by atoms with van der Waals surface area (Å²) in [4.78, 5) is 38.4. The molecule has 0 aromatic rings. The molecule has 0 unspecified atom stereocenters. The highest BCUT2D eigenvalue weighted by Gasteiger charge is 2.16. The maximum atomic E-state index is 11.1. The number of hydrogen-bond acceptors (Lipinski definition) is 8. The van der Waals surface area contributed by atoms with Crippen LogP contribution in [0.3, 0.4) is 0 Å². The number of carbonyl (C=O) groups is 3. The van der Waals surface area contributed by atoms with Crippen molar-refractivity contribution in [2.24, 2.45) is 0 Å². The Kier molecular flexibility index (Phi) is 12.3. The molecule has 1 rings (SSSR count). The minimum Gasteiger partial charge on any atom is -0.480 e. The highest BCUT2D eigenvalue weighted by atomic mass is 16.5. The van der Waals surface area contributed by atoms with Crippen molar-refractivity contribution in [1.82, 2.24) is 14.7 Å². The van der Waals surface area contributed by atoms with E-state index in [-0.39, 0.29) is 19.6 Å². The van der Waals surface area contributed by atoms with Crippen LogP contribution in [-0.4, -0.2) is 133 Å². The Labute approximate surface area is 164 Å². The van der Waals surface area contributed by atoms with Gasteiger partial charge < -0.3 is 24.8 Å². The average molecular weight is 405 g/mol. The van der Waals surface area contributed by atoms with Crippen LogP contribution in [0.1, 0.15) is 6.42 Å². The fourth-order valence-electron chi connectivity index (χ4n) is 2.89. The quantitative estimate of drug-likeness (QED) is 0.480. The maximum absolute atomic E-state index is 11.1. The molecule has 0 aromatic carbocycles. The minimum absolute atomic E-state index is 0.106. The van der Waals surface area contributed by atoms with Gasteiger partial charge in [0.2, 0.25) is 0 Å².